The van der Waals surface area contributed by atoms with Crippen LogP contribution >= 0.6 is 11.3 Å². The van der Waals surface area contributed by atoms with Crippen LogP contribution in [0.25, 0.3) is 10.6 Å². The van der Waals surface area contributed by atoms with Crippen molar-refractivity contribution >= 4 is 34.4 Å². The fourth-order valence-electron chi connectivity index (χ4n) is 3.08. The molecule has 0 radical (unpaired) electrons. The predicted octanol–water partition coefficient (Wildman–Crippen LogP) is 4.34. The number of hydrazone groups is 1. The first-order chi connectivity index (χ1) is 13.1. The summed E-state index contributed by atoms with van der Waals surface area (Å²) in [5.74, 6) is -1.46. The van der Waals surface area contributed by atoms with Crippen LogP contribution in [0.3, 0.4) is 0 Å². The first kappa shape index (κ1) is 17.3. The van der Waals surface area contributed by atoms with E-state index >= 15 is 0 Å². The minimum Gasteiger partial charge on any atom is -0.292 e. The van der Waals surface area contributed by atoms with E-state index in [0.29, 0.717) is 22.0 Å². The predicted molar refractivity (Wildman–Crippen MR) is 107 cm³/mol. The molecule has 6 heteroatoms. The number of amides is 1. The summed E-state index contributed by atoms with van der Waals surface area (Å²) in [6.07, 6.45) is 0. The van der Waals surface area contributed by atoms with E-state index in [2.05, 4.69) is 10.1 Å². The van der Waals surface area contributed by atoms with Crippen molar-refractivity contribution in [2.75, 3.05) is 5.01 Å². The zero-order chi connectivity index (χ0) is 19.0. The average Bonchev–Trinajstić information content (AvgIpc) is 3.22. The van der Waals surface area contributed by atoms with E-state index in [-0.39, 0.29) is 11.7 Å². The Kier molecular flexibility index (Phi) is 4.41. The number of carbonyl (C=O) groups excluding carboxylic acids is 2. The highest BCUT2D eigenvalue weighted by atomic mass is 32.1. The van der Waals surface area contributed by atoms with Crippen molar-refractivity contribution in [1.29, 1.82) is 0 Å². The van der Waals surface area contributed by atoms with Gasteiger partial charge in [0.2, 0.25) is 0 Å². The van der Waals surface area contributed by atoms with Gasteiger partial charge in [0.05, 0.1) is 22.0 Å². The number of carbonyl (C=O) groups is 2. The van der Waals surface area contributed by atoms with Crippen molar-refractivity contribution in [2.24, 2.45) is 11.0 Å². The van der Waals surface area contributed by atoms with Gasteiger partial charge in [-0.2, -0.15) is 10.1 Å². The molecule has 4 rings (SSSR count). The number of hydrogen-bond donors (Lipinski definition) is 0. The zero-order valence-corrected chi connectivity index (χ0v) is 15.7. The van der Waals surface area contributed by atoms with Gasteiger partial charge in [0.1, 0.15) is 10.9 Å². The van der Waals surface area contributed by atoms with Crippen LogP contribution in [0.5, 0.6) is 0 Å². The molecule has 1 unspecified atom stereocenters. The molecule has 2 aromatic carbocycles. The highest BCUT2D eigenvalue weighted by Gasteiger charge is 2.41. The maximum Gasteiger partial charge on any atom is 0.264 e. The van der Waals surface area contributed by atoms with E-state index in [1.807, 2.05) is 48.5 Å². The number of thiazole rings is 1. The molecule has 0 fully saturated rings. The molecule has 0 saturated heterocycles. The highest BCUT2D eigenvalue weighted by Crippen LogP contribution is 2.32. The van der Waals surface area contributed by atoms with Gasteiger partial charge >= 0.3 is 0 Å². The van der Waals surface area contributed by atoms with Gasteiger partial charge in [0.15, 0.2) is 5.78 Å². The van der Waals surface area contributed by atoms with E-state index in [0.717, 1.165) is 10.6 Å². The SMILES string of the molecule is CC1=NN(c2ccccc2)C(=O)C1C(=O)c1sc(-c2ccccc2)nc1C. The van der Waals surface area contributed by atoms with Crippen molar-refractivity contribution in [3.8, 4) is 10.6 Å². The van der Waals surface area contributed by atoms with Gasteiger partial charge in [-0.25, -0.2) is 4.98 Å². The van der Waals surface area contributed by atoms with Gasteiger partial charge in [-0.05, 0) is 26.0 Å². The second kappa shape index (κ2) is 6.89. The quantitative estimate of drug-likeness (QED) is 0.503. The molecule has 1 atom stereocenters. The summed E-state index contributed by atoms with van der Waals surface area (Å²) in [6, 6.07) is 18.9. The van der Waals surface area contributed by atoms with Crippen molar-refractivity contribution in [3.63, 3.8) is 0 Å². The van der Waals surface area contributed by atoms with Gasteiger partial charge < -0.3 is 0 Å². The molecular formula is C21H17N3O2S. The number of aromatic nitrogens is 1. The summed E-state index contributed by atoms with van der Waals surface area (Å²) in [5.41, 5.74) is 2.76. The van der Waals surface area contributed by atoms with Crippen LogP contribution in [-0.2, 0) is 4.79 Å². The maximum atomic E-state index is 13.2. The number of nitrogens with zero attached hydrogens (tertiary/aromatic N) is 3. The molecule has 3 aromatic rings. The lowest BCUT2D eigenvalue weighted by molar-refractivity contribution is -0.118. The molecule has 1 aliphatic rings. The molecule has 2 heterocycles. The third-order valence-electron chi connectivity index (χ3n) is 4.44. The Morgan fingerprint density at radius 3 is 2.30 bits per heavy atom. The highest BCUT2D eigenvalue weighted by molar-refractivity contribution is 7.17. The molecule has 0 N–H and O–H groups in total. The molecule has 1 aliphatic heterocycles. The summed E-state index contributed by atoms with van der Waals surface area (Å²) >= 11 is 1.32. The molecule has 134 valence electrons. The van der Waals surface area contributed by atoms with Gasteiger partial charge in [-0.1, -0.05) is 48.5 Å². The minimum absolute atomic E-state index is 0.239. The summed E-state index contributed by atoms with van der Waals surface area (Å²) in [6.45, 7) is 3.52. The van der Waals surface area contributed by atoms with E-state index in [4.69, 9.17) is 0 Å². The lowest BCUT2D eigenvalue weighted by Crippen LogP contribution is -2.32. The number of Topliss-reactive ketones (excluding diaryl/α,β-unsaturated/α-hetero) is 1. The number of benzene rings is 2. The molecule has 5 nitrogen and oxygen atoms in total. The average molecular weight is 375 g/mol. The van der Waals surface area contributed by atoms with E-state index < -0.39 is 5.92 Å². The molecule has 0 aliphatic carbocycles. The molecule has 0 saturated carbocycles. The summed E-state index contributed by atoms with van der Waals surface area (Å²) in [5, 5.41) is 6.41. The van der Waals surface area contributed by atoms with Crippen LogP contribution in [0, 0.1) is 12.8 Å². The summed E-state index contributed by atoms with van der Waals surface area (Å²) < 4.78 is 0. The third kappa shape index (κ3) is 3.08. The van der Waals surface area contributed by atoms with Crippen LogP contribution in [-0.4, -0.2) is 22.4 Å². The Bertz CT molecular complexity index is 1040. The Labute approximate surface area is 161 Å². The molecule has 1 aromatic heterocycles. The molecule has 27 heavy (non-hydrogen) atoms. The first-order valence-electron chi connectivity index (χ1n) is 8.57. The van der Waals surface area contributed by atoms with Crippen LogP contribution in [0.15, 0.2) is 65.8 Å². The van der Waals surface area contributed by atoms with Crippen molar-refractivity contribution in [1.82, 2.24) is 4.98 Å². The number of anilines is 1. The Balaban J connectivity index is 1.65. The summed E-state index contributed by atoms with van der Waals surface area (Å²) in [7, 11) is 0. The number of aryl methyl sites for hydroxylation is 1. The number of ketones is 1. The van der Waals surface area contributed by atoms with Crippen LogP contribution < -0.4 is 5.01 Å². The Morgan fingerprint density at radius 2 is 1.63 bits per heavy atom. The van der Waals surface area contributed by atoms with Crippen LogP contribution in [0.2, 0.25) is 0 Å². The lowest BCUT2D eigenvalue weighted by atomic mass is 9.97. The smallest absolute Gasteiger partial charge is 0.264 e. The standard InChI is InChI=1S/C21H17N3O2S/c1-13-17(21(26)24(23-13)16-11-7-4-8-12-16)18(25)19-14(2)22-20(27-19)15-9-5-3-6-10-15/h3-12,17H,1-2H3. The second-order valence-electron chi connectivity index (χ2n) is 6.32. The normalized spacial score (nSPS) is 16.5. The lowest BCUT2D eigenvalue weighted by Gasteiger charge is -2.13. The number of hydrogen-bond acceptors (Lipinski definition) is 5. The molecule has 1 amide bonds. The number of rotatable bonds is 4. The Morgan fingerprint density at radius 1 is 1.00 bits per heavy atom. The fraction of sp³-hybridized carbons (Fsp3) is 0.143. The maximum absolute atomic E-state index is 13.2. The number of para-hydroxylation sites is 1. The van der Waals surface area contributed by atoms with E-state index in [1.165, 1.54) is 16.3 Å². The van der Waals surface area contributed by atoms with Crippen molar-refractivity contribution < 1.29 is 9.59 Å². The molecule has 0 bridgehead atoms. The molecular weight excluding hydrogens is 358 g/mol. The van der Waals surface area contributed by atoms with Crippen LogP contribution in [0.4, 0.5) is 5.69 Å². The van der Waals surface area contributed by atoms with Gasteiger partial charge in [0, 0.05) is 5.56 Å². The Hall–Kier alpha value is -3.12. The molecule has 0 spiro atoms. The van der Waals surface area contributed by atoms with E-state index in [9.17, 15) is 9.59 Å². The second-order valence-corrected chi connectivity index (χ2v) is 7.32. The van der Waals surface area contributed by atoms with Crippen molar-refractivity contribution in [2.45, 2.75) is 13.8 Å². The fourth-order valence-corrected chi connectivity index (χ4v) is 4.12. The summed E-state index contributed by atoms with van der Waals surface area (Å²) in [4.78, 5) is 31.1. The van der Waals surface area contributed by atoms with E-state index in [1.54, 1.807) is 26.0 Å². The topological polar surface area (TPSA) is 62.6 Å². The largest absolute Gasteiger partial charge is 0.292 e. The van der Waals surface area contributed by atoms with Crippen LogP contribution in [0.1, 0.15) is 22.3 Å². The van der Waals surface area contributed by atoms with Gasteiger partial charge in [0.25, 0.3) is 5.91 Å². The minimum atomic E-state index is -0.895. The first-order valence-corrected chi connectivity index (χ1v) is 9.39. The monoisotopic (exact) mass is 375 g/mol. The van der Waals surface area contributed by atoms with Crippen molar-refractivity contribution in [3.05, 3.63) is 71.2 Å². The zero-order valence-electron chi connectivity index (χ0n) is 14.9. The third-order valence-corrected chi connectivity index (χ3v) is 5.66. The van der Waals surface area contributed by atoms with Gasteiger partial charge in [-0.15, -0.1) is 11.3 Å². The van der Waals surface area contributed by atoms with Gasteiger partial charge in [-0.3, -0.25) is 9.59 Å².